The van der Waals surface area contributed by atoms with Gasteiger partial charge >= 0.3 is 5.97 Å². The number of ether oxygens (including phenoxy) is 2. The summed E-state index contributed by atoms with van der Waals surface area (Å²) >= 11 is 0. The first-order valence-electron chi connectivity index (χ1n) is 9.88. The molecule has 1 aromatic rings. The van der Waals surface area contributed by atoms with Crippen LogP contribution in [0, 0.1) is 23.0 Å². The first kappa shape index (κ1) is 23.5. The number of carbonyl (C=O) groups is 2. The maximum Gasteiger partial charge on any atom is 0.344 e. The highest BCUT2D eigenvalue weighted by molar-refractivity contribution is 6.19. The van der Waals surface area contributed by atoms with Crippen LogP contribution in [0.2, 0.25) is 0 Å². The standard InChI is InChI=1S/C21H27F2N3O4/c1-2-16(24)19(20(25)26-9-6-13-7-10-29-11-8-13)21(28)30-12-17(27)18-14(22)4-3-5-15(18)23/h3-5,13,24,26H,2,6-12,25H2,1H3/b20-19+,24-16?. The summed E-state index contributed by atoms with van der Waals surface area (Å²) in [5.74, 6) is -3.63. The lowest BCUT2D eigenvalue weighted by Crippen LogP contribution is -2.31. The van der Waals surface area contributed by atoms with Gasteiger partial charge in [-0.15, -0.1) is 0 Å². The van der Waals surface area contributed by atoms with Crippen molar-refractivity contribution in [2.45, 2.75) is 32.6 Å². The smallest absolute Gasteiger partial charge is 0.344 e. The molecule has 9 heteroatoms. The lowest BCUT2D eigenvalue weighted by Gasteiger charge is -2.22. The number of hydrogen-bond acceptors (Lipinski definition) is 7. The van der Waals surface area contributed by atoms with E-state index in [0.717, 1.165) is 50.7 Å². The molecule has 0 radical (unpaired) electrons. The topological polar surface area (TPSA) is 114 Å². The molecule has 0 atom stereocenters. The van der Waals surface area contributed by atoms with Crippen molar-refractivity contribution in [2.75, 3.05) is 26.4 Å². The van der Waals surface area contributed by atoms with Crippen LogP contribution in [0.25, 0.3) is 0 Å². The van der Waals surface area contributed by atoms with Crippen molar-refractivity contribution in [3.05, 3.63) is 46.8 Å². The third kappa shape index (κ3) is 6.35. The first-order chi connectivity index (χ1) is 14.3. The van der Waals surface area contributed by atoms with Crippen LogP contribution in [0.1, 0.15) is 43.0 Å². The van der Waals surface area contributed by atoms with Gasteiger partial charge in [0.15, 0.2) is 6.61 Å². The van der Waals surface area contributed by atoms with Gasteiger partial charge in [-0.3, -0.25) is 4.79 Å². The highest BCUT2D eigenvalue weighted by Gasteiger charge is 2.23. The summed E-state index contributed by atoms with van der Waals surface area (Å²) in [5.41, 5.74) is 4.94. The highest BCUT2D eigenvalue weighted by atomic mass is 19.1. The Bertz CT molecular complexity index is 800. The number of Topliss-reactive ketones (excluding diaryl/α,β-unsaturated/α-hetero) is 1. The van der Waals surface area contributed by atoms with Crippen molar-refractivity contribution in [1.82, 2.24) is 5.32 Å². The summed E-state index contributed by atoms with van der Waals surface area (Å²) in [6.07, 6.45) is 2.96. The molecule has 1 aromatic carbocycles. The molecule has 2 rings (SSSR count). The van der Waals surface area contributed by atoms with Crippen LogP contribution in [0.3, 0.4) is 0 Å². The molecule has 1 aliphatic rings. The van der Waals surface area contributed by atoms with Crippen LogP contribution in [0.15, 0.2) is 29.6 Å². The summed E-state index contributed by atoms with van der Waals surface area (Å²) in [5, 5.41) is 10.9. The first-order valence-corrected chi connectivity index (χ1v) is 9.88. The minimum atomic E-state index is -1.04. The lowest BCUT2D eigenvalue weighted by atomic mass is 9.96. The fourth-order valence-electron chi connectivity index (χ4n) is 3.15. The van der Waals surface area contributed by atoms with E-state index in [1.165, 1.54) is 0 Å². The molecule has 164 valence electrons. The van der Waals surface area contributed by atoms with Crippen molar-refractivity contribution in [1.29, 1.82) is 5.41 Å². The minimum absolute atomic E-state index is 0.0246. The molecular formula is C21H27F2N3O4. The zero-order valence-corrected chi connectivity index (χ0v) is 16.9. The number of hydrogen-bond donors (Lipinski definition) is 3. The van der Waals surface area contributed by atoms with Crippen molar-refractivity contribution < 1.29 is 27.8 Å². The summed E-state index contributed by atoms with van der Waals surface area (Å²) in [4.78, 5) is 24.5. The van der Waals surface area contributed by atoms with Gasteiger partial charge in [0.1, 0.15) is 23.0 Å². The summed E-state index contributed by atoms with van der Waals surface area (Å²) < 4.78 is 37.6. The molecule has 0 amide bonds. The van der Waals surface area contributed by atoms with Crippen molar-refractivity contribution >= 4 is 17.5 Å². The number of carbonyl (C=O) groups excluding carboxylic acids is 2. The molecule has 1 saturated heterocycles. The SMILES string of the molecule is CCC(=N)/C(C(=O)OCC(=O)c1c(F)cccc1F)=C(/N)NCCC1CCOCC1. The molecule has 7 nitrogen and oxygen atoms in total. The second-order valence-electron chi connectivity index (χ2n) is 6.99. The van der Waals surface area contributed by atoms with Gasteiger partial charge in [-0.25, -0.2) is 13.6 Å². The van der Waals surface area contributed by atoms with Crippen molar-refractivity contribution in [2.24, 2.45) is 11.7 Å². The molecule has 0 aromatic heterocycles. The molecule has 0 saturated carbocycles. The van der Waals surface area contributed by atoms with Gasteiger partial charge in [-0.2, -0.15) is 0 Å². The minimum Gasteiger partial charge on any atom is -0.454 e. The Hall–Kier alpha value is -2.81. The van der Waals surface area contributed by atoms with Gasteiger partial charge < -0.3 is 25.9 Å². The van der Waals surface area contributed by atoms with E-state index in [-0.39, 0.29) is 23.5 Å². The third-order valence-corrected chi connectivity index (χ3v) is 4.91. The van der Waals surface area contributed by atoms with Crippen LogP contribution in [-0.2, 0) is 14.3 Å². The van der Waals surface area contributed by atoms with Crippen LogP contribution >= 0.6 is 0 Å². The molecule has 0 aliphatic carbocycles. The summed E-state index contributed by atoms with van der Waals surface area (Å²) in [6.45, 7) is 2.76. The fourth-order valence-corrected chi connectivity index (χ4v) is 3.15. The fraction of sp³-hybridized carbons (Fsp3) is 0.476. The van der Waals surface area contributed by atoms with E-state index >= 15 is 0 Å². The molecule has 1 heterocycles. The Balaban J connectivity index is 2.00. The predicted molar refractivity (Wildman–Crippen MR) is 107 cm³/mol. The second-order valence-corrected chi connectivity index (χ2v) is 6.99. The van der Waals surface area contributed by atoms with Crippen molar-refractivity contribution in [3.8, 4) is 0 Å². The number of benzene rings is 1. The van der Waals surface area contributed by atoms with Crippen LogP contribution < -0.4 is 11.1 Å². The predicted octanol–water partition coefficient (Wildman–Crippen LogP) is 2.70. The van der Waals surface area contributed by atoms with Gasteiger partial charge in [0, 0.05) is 25.5 Å². The Kier molecular flexibility index (Phi) is 8.91. The maximum atomic E-state index is 13.7. The monoisotopic (exact) mass is 423 g/mol. The number of halogens is 2. The lowest BCUT2D eigenvalue weighted by molar-refractivity contribution is -0.137. The number of nitrogens with two attached hydrogens (primary N) is 1. The average Bonchev–Trinajstić information content (AvgIpc) is 2.73. The van der Waals surface area contributed by atoms with Crippen LogP contribution in [-0.4, -0.2) is 43.8 Å². The van der Waals surface area contributed by atoms with E-state index in [0.29, 0.717) is 12.5 Å². The quantitative estimate of drug-likeness (QED) is 0.231. The Morgan fingerprint density at radius 2 is 1.90 bits per heavy atom. The number of nitrogens with one attached hydrogen (secondary N) is 2. The zero-order chi connectivity index (χ0) is 22.1. The maximum absolute atomic E-state index is 13.7. The van der Waals surface area contributed by atoms with E-state index < -0.39 is 35.6 Å². The third-order valence-electron chi connectivity index (χ3n) is 4.91. The average molecular weight is 423 g/mol. The number of esters is 1. The van der Waals surface area contributed by atoms with E-state index in [4.69, 9.17) is 20.6 Å². The zero-order valence-electron chi connectivity index (χ0n) is 16.9. The van der Waals surface area contributed by atoms with Crippen LogP contribution in [0.5, 0.6) is 0 Å². The summed E-state index contributed by atoms with van der Waals surface area (Å²) in [7, 11) is 0. The van der Waals surface area contributed by atoms with Gasteiger partial charge in [-0.05, 0) is 43.7 Å². The van der Waals surface area contributed by atoms with Crippen LogP contribution in [0.4, 0.5) is 8.78 Å². The Morgan fingerprint density at radius 1 is 1.27 bits per heavy atom. The Labute approximate surface area is 174 Å². The molecule has 0 unspecified atom stereocenters. The van der Waals surface area contributed by atoms with Gasteiger partial charge in [0.25, 0.3) is 0 Å². The largest absolute Gasteiger partial charge is 0.454 e. The summed E-state index contributed by atoms with van der Waals surface area (Å²) in [6, 6.07) is 3.01. The number of ketones is 1. The molecule has 4 N–H and O–H groups in total. The molecule has 0 bridgehead atoms. The second kappa shape index (κ2) is 11.4. The highest BCUT2D eigenvalue weighted by Crippen LogP contribution is 2.18. The van der Waals surface area contributed by atoms with E-state index in [2.05, 4.69) is 5.32 Å². The van der Waals surface area contributed by atoms with E-state index in [9.17, 15) is 18.4 Å². The molecular weight excluding hydrogens is 396 g/mol. The molecule has 1 aliphatic heterocycles. The Morgan fingerprint density at radius 3 is 2.50 bits per heavy atom. The van der Waals surface area contributed by atoms with Gasteiger partial charge in [0.05, 0.1) is 5.56 Å². The van der Waals surface area contributed by atoms with Gasteiger partial charge in [-0.1, -0.05) is 13.0 Å². The van der Waals surface area contributed by atoms with E-state index in [1.807, 2.05) is 0 Å². The molecule has 1 fully saturated rings. The van der Waals surface area contributed by atoms with Crippen molar-refractivity contribution in [3.63, 3.8) is 0 Å². The number of rotatable bonds is 10. The normalized spacial score (nSPS) is 15.3. The van der Waals surface area contributed by atoms with E-state index in [1.54, 1.807) is 6.92 Å². The van der Waals surface area contributed by atoms with Gasteiger partial charge in [0.2, 0.25) is 5.78 Å². The molecule has 30 heavy (non-hydrogen) atoms. The molecule has 0 spiro atoms.